The number of hydrogen-bond donors (Lipinski definition) is 0. The van der Waals surface area contributed by atoms with Gasteiger partial charge in [0.25, 0.3) is 0 Å². The molecule has 0 amide bonds. The van der Waals surface area contributed by atoms with Crippen LogP contribution in [0.2, 0.25) is 0 Å². The lowest BCUT2D eigenvalue weighted by Gasteiger charge is -2.31. The normalized spacial score (nSPS) is 20.0. The molecular formula is C22H24F2O2. The van der Waals surface area contributed by atoms with E-state index in [1.807, 2.05) is 24.3 Å². The summed E-state index contributed by atoms with van der Waals surface area (Å²) in [7, 11) is 1.75. The third kappa shape index (κ3) is 3.65. The average Bonchev–Trinajstić information content (AvgIpc) is 2.67. The fourth-order valence-electron chi connectivity index (χ4n) is 3.28. The first-order valence-corrected chi connectivity index (χ1v) is 8.93. The second-order valence-corrected chi connectivity index (χ2v) is 6.84. The number of allylic oxidation sites excluding steroid dienone is 1. The van der Waals surface area contributed by atoms with Crippen molar-refractivity contribution in [3.63, 3.8) is 0 Å². The van der Waals surface area contributed by atoms with Crippen LogP contribution in [0.3, 0.4) is 0 Å². The first-order valence-electron chi connectivity index (χ1n) is 8.93. The van der Waals surface area contributed by atoms with Crippen LogP contribution in [0, 0.1) is 11.6 Å². The summed E-state index contributed by atoms with van der Waals surface area (Å²) in [6.07, 6.45) is 4.99. The molecule has 0 aliphatic heterocycles. The van der Waals surface area contributed by atoms with Crippen LogP contribution in [-0.2, 0) is 4.74 Å². The molecule has 138 valence electrons. The van der Waals surface area contributed by atoms with Gasteiger partial charge in [-0.1, -0.05) is 30.3 Å². The minimum absolute atomic E-state index is 0.0566. The summed E-state index contributed by atoms with van der Waals surface area (Å²) in [4.78, 5) is 0. The van der Waals surface area contributed by atoms with Crippen molar-refractivity contribution in [2.45, 2.75) is 38.7 Å². The van der Waals surface area contributed by atoms with E-state index in [0.29, 0.717) is 12.2 Å². The molecule has 1 unspecified atom stereocenters. The van der Waals surface area contributed by atoms with Crippen LogP contribution < -0.4 is 4.74 Å². The molecule has 2 aromatic rings. The van der Waals surface area contributed by atoms with Crippen molar-refractivity contribution in [3.05, 3.63) is 59.7 Å². The predicted molar refractivity (Wildman–Crippen MR) is 100 cm³/mol. The maximum atomic E-state index is 14.4. The van der Waals surface area contributed by atoms with Gasteiger partial charge in [0, 0.05) is 12.7 Å². The van der Waals surface area contributed by atoms with Crippen LogP contribution in [0.5, 0.6) is 5.75 Å². The molecule has 0 spiro atoms. The van der Waals surface area contributed by atoms with E-state index < -0.39 is 11.6 Å². The maximum absolute atomic E-state index is 14.4. The van der Waals surface area contributed by atoms with Crippen LogP contribution in [0.1, 0.15) is 38.7 Å². The summed E-state index contributed by atoms with van der Waals surface area (Å²) in [6.45, 7) is 4.15. The second kappa shape index (κ2) is 7.58. The highest BCUT2D eigenvalue weighted by Crippen LogP contribution is 2.36. The molecule has 0 saturated carbocycles. The van der Waals surface area contributed by atoms with E-state index in [4.69, 9.17) is 9.47 Å². The molecule has 0 radical (unpaired) electrons. The van der Waals surface area contributed by atoms with Gasteiger partial charge in [-0.15, -0.1) is 0 Å². The van der Waals surface area contributed by atoms with Gasteiger partial charge in [0.2, 0.25) is 5.82 Å². The van der Waals surface area contributed by atoms with Crippen LogP contribution >= 0.6 is 0 Å². The molecule has 0 aromatic heterocycles. The number of halogens is 2. The standard InChI is InChI=1S/C22H24F2O2/c1-4-26-19-10-9-18(20(23)21(19)24)17-7-5-15(6-8-17)16-11-13-22(2,25-3)14-12-16/h5-11H,4,12-14H2,1-3H3. The molecule has 1 aliphatic rings. The lowest BCUT2D eigenvalue weighted by atomic mass is 9.84. The van der Waals surface area contributed by atoms with Crippen LogP contribution in [0.15, 0.2) is 42.5 Å². The molecule has 0 N–H and O–H groups in total. The van der Waals surface area contributed by atoms with Gasteiger partial charge in [0.1, 0.15) is 0 Å². The fourth-order valence-corrected chi connectivity index (χ4v) is 3.28. The smallest absolute Gasteiger partial charge is 0.201 e. The molecular weight excluding hydrogens is 334 g/mol. The number of benzene rings is 2. The monoisotopic (exact) mass is 358 g/mol. The molecule has 0 bridgehead atoms. The zero-order valence-corrected chi connectivity index (χ0v) is 15.4. The molecule has 2 nitrogen and oxygen atoms in total. The Balaban J connectivity index is 1.84. The highest BCUT2D eigenvalue weighted by molar-refractivity contribution is 5.71. The van der Waals surface area contributed by atoms with Crippen molar-refractivity contribution in [2.75, 3.05) is 13.7 Å². The number of methoxy groups -OCH3 is 1. The predicted octanol–water partition coefficient (Wildman–Crippen LogP) is 6.00. The highest BCUT2D eigenvalue weighted by Gasteiger charge is 2.26. The molecule has 4 heteroatoms. The summed E-state index contributed by atoms with van der Waals surface area (Å²) >= 11 is 0. The van der Waals surface area contributed by atoms with Crippen molar-refractivity contribution in [1.29, 1.82) is 0 Å². The first kappa shape index (κ1) is 18.6. The first-order chi connectivity index (χ1) is 12.5. The van der Waals surface area contributed by atoms with Crippen molar-refractivity contribution >= 4 is 5.57 Å². The molecule has 3 rings (SSSR count). The van der Waals surface area contributed by atoms with E-state index in [1.54, 1.807) is 20.1 Å². The fraction of sp³-hybridized carbons (Fsp3) is 0.364. The number of ether oxygens (including phenoxy) is 2. The van der Waals surface area contributed by atoms with Crippen molar-refractivity contribution in [3.8, 4) is 16.9 Å². The Hall–Kier alpha value is -2.20. The molecule has 26 heavy (non-hydrogen) atoms. The Labute approximate surface area is 153 Å². The third-order valence-corrected chi connectivity index (χ3v) is 5.11. The summed E-state index contributed by atoms with van der Waals surface area (Å²) < 4.78 is 39.1. The Bertz CT molecular complexity index is 812. The van der Waals surface area contributed by atoms with E-state index in [0.717, 1.165) is 24.8 Å². The SMILES string of the molecule is CCOc1ccc(-c2ccc(C3=CCC(C)(OC)CC3)cc2)c(F)c1F. The molecule has 0 heterocycles. The second-order valence-electron chi connectivity index (χ2n) is 6.84. The lowest BCUT2D eigenvalue weighted by Crippen LogP contribution is -2.28. The van der Waals surface area contributed by atoms with Crippen LogP contribution in [-0.4, -0.2) is 19.3 Å². The number of hydrogen-bond acceptors (Lipinski definition) is 2. The van der Waals surface area contributed by atoms with Crippen LogP contribution in [0.4, 0.5) is 8.78 Å². The zero-order chi connectivity index (χ0) is 18.7. The average molecular weight is 358 g/mol. The van der Waals surface area contributed by atoms with E-state index in [-0.39, 0.29) is 16.9 Å². The third-order valence-electron chi connectivity index (χ3n) is 5.11. The molecule has 0 saturated heterocycles. The van der Waals surface area contributed by atoms with Gasteiger partial charge in [0.05, 0.1) is 12.2 Å². The van der Waals surface area contributed by atoms with Gasteiger partial charge in [-0.3, -0.25) is 0 Å². The molecule has 1 atom stereocenters. The van der Waals surface area contributed by atoms with Gasteiger partial charge in [0.15, 0.2) is 11.6 Å². The summed E-state index contributed by atoms with van der Waals surface area (Å²) in [5, 5.41) is 0. The van der Waals surface area contributed by atoms with Crippen molar-refractivity contribution < 1.29 is 18.3 Å². The quantitative estimate of drug-likeness (QED) is 0.652. The minimum Gasteiger partial charge on any atom is -0.491 e. The zero-order valence-electron chi connectivity index (χ0n) is 15.4. The molecule has 0 fully saturated rings. The Morgan fingerprint density at radius 1 is 1.00 bits per heavy atom. The summed E-state index contributed by atoms with van der Waals surface area (Å²) in [5.41, 5.74) is 3.17. The van der Waals surface area contributed by atoms with Crippen LogP contribution in [0.25, 0.3) is 16.7 Å². The Morgan fingerprint density at radius 3 is 2.27 bits per heavy atom. The molecule has 1 aliphatic carbocycles. The van der Waals surface area contributed by atoms with Gasteiger partial charge in [-0.2, -0.15) is 4.39 Å². The van der Waals surface area contributed by atoms with E-state index in [2.05, 4.69) is 13.0 Å². The van der Waals surface area contributed by atoms with Gasteiger partial charge < -0.3 is 9.47 Å². The lowest BCUT2D eigenvalue weighted by molar-refractivity contribution is 0.000130. The van der Waals surface area contributed by atoms with Crippen molar-refractivity contribution in [2.24, 2.45) is 0 Å². The summed E-state index contributed by atoms with van der Waals surface area (Å²) in [6, 6.07) is 10.6. The Morgan fingerprint density at radius 2 is 1.69 bits per heavy atom. The maximum Gasteiger partial charge on any atom is 0.201 e. The number of rotatable bonds is 5. The van der Waals surface area contributed by atoms with Crippen molar-refractivity contribution in [1.82, 2.24) is 0 Å². The summed E-state index contributed by atoms with van der Waals surface area (Å²) in [5.74, 6) is -1.88. The van der Waals surface area contributed by atoms with Gasteiger partial charge in [-0.05, 0) is 61.9 Å². The largest absolute Gasteiger partial charge is 0.491 e. The Kier molecular flexibility index (Phi) is 5.42. The molecule has 2 aromatic carbocycles. The highest BCUT2D eigenvalue weighted by atomic mass is 19.2. The van der Waals surface area contributed by atoms with Gasteiger partial charge >= 0.3 is 0 Å². The topological polar surface area (TPSA) is 18.5 Å². The minimum atomic E-state index is -0.942. The van der Waals surface area contributed by atoms with E-state index >= 15 is 0 Å². The van der Waals surface area contributed by atoms with Gasteiger partial charge in [-0.25, -0.2) is 4.39 Å². The van der Waals surface area contributed by atoms with E-state index in [9.17, 15) is 8.78 Å². The van der Waals surface area contributed by atoms with E-state index in [1.165, 1.54) is 11.6 Å².